The molecule has 1 heterocycles. The zero-order chi connectivity index (χ0) is 14.7. The number of para-hydroxylation sites is 1. The van der Waals surface area contributed by atoms with Crippen molar-refractivity contribution in [2.24, 2.45) is 0 Å². The molecule has 21 heavy (non-hydrogen) atoms. The largest absolute Gasteiger partial charge is 0.376 e. The van der Waals surface area contributed by atoms with E-state index in [0.29, 0.717) is 18.3 Å². The second-order valence-corrected chi connectivity index (χ2v) is 5.55. The highest BCUT2D eigenvalue weighted by molar-refractivity contribution is 9.10. The van der Waals surface area contributed by atoms with E-state index < -0.39 is 0 Å². The molecule has 0 atom stereocenters. The van der Waals surface area contributed by atoms with E-state index in [-0.39, 0.29) is 0 Å². The maximum absolute atomic E-state index is 5.27. The average Bonchev–Trinajstić information content (AvgIpc) is 2.98. The normalized spacial score (nSPS) is 10.6. The summed E-state index contributed by atoms with van der Waals surface area (Å²) in [5, 5.41) is 7.26. The average molecular weight is 344 g/mol. The number of halogens is 1. The molecule has 0 bridgehead atoms. The lowest BCUT2D eigenvalue weighted by atomic mass is 10.1. The van der Waals surface area contributed by atoms with Crippen molar-refractivity contribution in [1.82, 2.24) is 10.1 Å². The van der Waals surface area contributed by atoms with Crippen molar-refractivity contribution in [3.05, 3.63) is 64.5 Å². The predicted octanol–water partition coefficient (Wildman–Crippen LogP) is 4.42. The van der Waals surface area contributed by atoms with E-state index in [0.717, 1.165) is 15.7 Å². The monoisotopic (exact) mass is 343 g/mol. The van der Waals surface area contributed by atoms with Crippen molar-refractivity contribution in [3.63, 3.8) is 0 Å². The van der Waals surface area contributed by atoms with Crippen LogP contribution >= 0.6 is 15.9 Å². The van der Waals surface area contributed by atoms with Crippen LogP contribution in [0, 0.1) is 6.92 Å². The zero-order valence-corrected chi connectivity index (χ0v) is 13.1. The van der Waals surface area contributed by atoms with Crippen LogP contribution in [0.3, 0.4) is 0 Å². The number of nitrogens with zero attached hydrogens (tertiary/aromatic N) is 2. The van der Waals surface area contributed by atoms with Crippen LogP contribution < -0.4 is 5.32 Å². The third kappa shape index (κ3) is 3.31. The van der Waals surface area contributed by atoms with Gasteiger partial charge in [0.1, 0.15) is 0 Å². The molecule has 5 heteroatoms. The second-order valence-electron chi connectivity index (χ2n) is 4.70. The molecule has 4 nitrogen and oxygen atoms in total. The summed E-state index contributed by atoms with van der Waals surface area (Å²) in [4.78, 5) is 4.41. The molecule has 1 aromatic heterocycles. The fourth-order valence-electron chi connectivity index (χ4n) is 1.91. The highest BCUT2D eigenvalue weighted by Crippen LogP contribution is 2.23. The second kappa shape index (κ2) is 6.10. The summed E-state index contributed by atoms with van der Waals surface area (Å²) >= 11 is 3.51. The van der Waals surface area contributed by atoms with Crippen molar-refractivity contribution in [2.75, 3.05) is 5.32 Å². The van der Waals surface area contributed by atoms with Crippen LogP contribution in [0.25, 0.3) is 11.4 Å². The first-order valence-electron chi connectivity index (χ1n) is 6.60. The van der Waals surface area contributed by atoms with Gasteiger partial charge in [-0.2, -0.15) is 4.98 Å². The highest BCUT2D eigenvalue weighted by Gasteiger charge is 2.09. The minimum atomic E-state index is 0.504. The number of aryl methyl sites for hydroxylation is 1. The molecule has 2 aromatic carbocycles. The van der Waals surface area contributed by atoms with Gasteiger partial charge in [-0.05, 0) is 30.7 Å². The van der Waals surface area contributed by atoms with Crippen molar-refractivity contribution in [2.45, 2.75) is 13.5 Å². The molecule has 0 unspecified atom stereocenters. The van der Waals surface area contributed by atoms with Gasteiger partial charge in [0.2, 0.25) is 11.7 Å². The van der Waals surface area contributed by atoms with Crippen LogP contribution in [0.5, 0.6) is 0 Å². The zero-order valence-electron chi connectivity index (χ0n) is 11.5. The van der Waals surface area contributed by atoms with Crippen LogP contribution in [-0.4, -0.2) is 10.1 Å². The van der Waals surface area contributed by atoms with Gasteiger partial charge in [-0.25, -0.2) is 0 Å². The molecule has 3 rings (SSSR count). The lowest BCUT2D eigenvalue weighted by Gasteiger charge is -2.01. The summed E-state index contributed by atoms with van der Waals surface area (Å²) in [6.07, 6.45) is 0. The number of anilines is 1. The van der Waals surface area contributed by atoms with E-state index >= 15 is 0 Å². The van der Waals surface area contributed by atoms with Gasteiger partial charge >= 0.3 is 0 Å². The third-order valence-corrected chi connectivity index (χ3v) is 3.97. The third-order valence-electron chi connectivity index (χ3n) is 3.12. The Morgan fingerprint density at radius 2 is 1.95 bits per heavy atom. The van der Waals surface area contributed by atoms with Gasteiger partial charge in [-0.15, -0.1) is 0 Å². The van der Waals surface area contributed by atoms with Gasteiger partial charge < -0.3 is 9.84 Å². The number of aromatic nitrogens is 2. The number of hydrogen-bond acceptors (Lipinski definition) is 4. The van der Waals surface area contributed by atoms with Gasteiger partial charge in [0, 0.05) is 15.7 Å². The maximum Gasteiger partial charge on any atom is 0.246 e. The minimum absolute atomic E-state index is 0.504. The summed E-state index contributed by atoms with van der Waals surface area (Å²) in [6, 6.07) is 15.9. The number of rotatable bonds is 4. The number of benzene rings is 2. The standard InChI is InChI=1S/C16H14BrN3O/c1-11-7-8-12(9-14(11)17)16-19-15(21-20-16)10-18-13-5-3-2-4-6-13/h2-9,18H,10H2,1H3. The van der Waals surface area contributed by atoms with Gasteiger partial charge in [-0.3, -0.25) is 0 Å². The Bertz CT molecular complexity index is 740. The molecule has 0 fully saturated rings. The molecule has 3 aromatic rings. The van der Waals surface area contributed by atoms with E-state index in [1.54, 1.807) is 0 Å². The first-order chi connectivity index (χ1) is 10.2. The Morgan fingerprint density at radius 1 is 1.14 bits per heavy atom. The molecule has 0 spiro atoms. The van der Waals surface area contributed by atoms with Crippen molar-refractivity contribution >= 4 is 21.6 Å². The first kappa shape index (κ1) is 13.8. The molecule has 0 aliphatic carbocycles. The van der Waals surface area contributed by atoms with Crippen LogP contribution in [-0.2, 0) is 6.54 Å². The molecule has 0 amide bonds. The Balaban J connectivity index is 1.72. The fourth-order valence-corrected chi connectivity index (χ4v) is 2.29. The highest BCUT2D eigenvalue weighted by atomic mass is 79.9. The smallest absolute Gasteiger partial charge is 0.246 e. The van der Waals surface area contributed by atoms with Crippen LogP contribution in [0.15, 0.2) is 57.5 Å². The summed E-state index contributed by atoms with van der Waals surface area (Å²) in [5.74, 6) is 1.16. The Kier molecular flexibility index (Phi) is 4.01. The molecule has 1 N–H and O–H groups in total. The summed E-state index contributed by atoms with van der Waals surface area (Å²) in [7, 11) is 0. The lowest BCUT2D eigenvalue weighted by molar-refractivity contribution is 0.384. The van der Waals surface area contributed by atoms with Crippen molar-refractivity contribution in [3.8, 4) is 11.4 Å². The topological polar surface area (TPSA) is 51.0 Å². The van der Waals surface area contributed by atoms with Crippen molar-refractivity contribution < 1.29 is 4.52 Å². The summed E-state index contributed by atoms with van der Waals surface area (Å²) < 4.78 is 6.31. The van der Waals surface area contributed by atoms with E-state index in [1.165, 1.54) is 5.56 Å². The molecule has 0 radical (unpaired) electrons. The summed E-state index contributed by atoms with van der Waals surface area (Å²) in [6.45, 7) is 2.54. The van der Waals surface area contributed by atoms with E-state index in [4.69, 9.17) is 4.52 Å². The molecule has 0 saturated heterocycles. The van der Waals surface area contributed by atoms with E-state index in [9.17, 15) is 0 Å². The number of hydrogen-bond donors (Lipinski definition) is 1. The maximum atomic E-state index is 5.27. The molecule has 0 saturated carbocycles. The Hall–Kier alpha value is -2.14. The van der Waals surface area contributed by atoms with E-state index in [2.05, 4.69) is 31.4 Å². The molecule has 0 aliphatic rings. The van der Waals surface area contributed by atoms with E-state index in [1.807, 2.05) is 55.5 Å². The predicted molar refractivity (Wildman–Crippen MR) is 85.9 cm³/mol. The van der Waals surface area contributed by atoms with Crippen molar-refractivity contribution in [1.29, 1.82) is 0 Å². The quantitative estimate of drug-likeness (QED) is 0.761. The van der Waals surface area contributed by atoms with Crippen LogP contribution in [0.1, 0.15) is 11.5 Å². The molecular formula is C16H14BrN3O. The van der Waals surface area contributed by atoms with Gasteiger partial charge in [0.05, 0.1) is 6.54 Å². The molecular weight excluding hydrogens is 330 g/mol. The van der Waals surface area contributed by atoms with Gasteiger partial charge in [-0.1, -0.05) is 51.4 Å². The van der Waals surface area contributed by atoms with Gasteiger partial charge in [0.15, 0.2) is 0 Å². The minimum Gasteiger partial charge on any atom is -0.376 e. The Morgan fingerprint density at radius 3 is 2.71 bits per heavy atom. The first-order valence-corrected chi connectivity index (χ1v) is 7.40. The molecule has 0 aliphatic heterocycles. The SMILES string of the molecule is Cc1ccc(-c2noc(CNc3ccccc3)n2)cc1Br. The Labute approximate surface area is 131 Å². The summed E-state index contributed by atoms with van der Waals surface area (Å²) in [5.41, 5.74) is 3.13. The lowest BCUT2D eigenvalue weighted by Crippen LogP contribution is -1.99. The van der Waals surface area contributed by atoms with Crippen LogP contribution in [0.4, 0.5) is 5.69 Å². The van der Waals surface area contributed by atoms with Crippen LogP contribution in [0.2, 0.25) is 0 Å². The molecule has 106 valence electrons. The fraction of sp³-hybridized carbons (Fsp3) is 0.125. The van der Waals surface area contributed by atoms with Gasteiger partial charge in [0.25, 0.3) is 0 Å². The number of nitrogens with one attached hydrogen (secondary N) is 1.